The van der Waals surface area contributed by atoms with Gasteiger partial charge in [0.15, 0.2) is 5.60 Å². The van der Waals surface area contributed by atoms with Crippen LogP contribution in [0.25, 0.3) is 22.0 Å². The van der Waals surface area contributed by atoms with E-state index in [9.17, 15) is 18.0 Å². The summed E-state index contributed by atoms with van der Waals surface area (Å²) in [6.07, 6.45) is -3.58. The number of halogens is 4. The number of benzene rings is 3. The van der Waals surface area contributed by atoms with Crippen molar-refractivity contribution < 1.29 is 22.7 Å². The number of anilines is 1. The molecule has 1 fully saturated rings. The Morgan fingerprint density at radius 3 is 2.23 bits per heavy atom. The van der Waals surface area contributed by atoms with Crippen LogP contribution in [-0.2, 0) is 10.3 Å². The second-order valence-electron chi connectivity index (χ2n) is 11.0. The van der Waals surface area contributed by atoms with Crippen LogP contribution >= 0.6 is 11.6 Å². The maximum absolute atomic E-state index is 12.8. The summed E-state index contributed by atoms with van der Waals surface area (Å²) in [6, 6.07) is 25.2. The van der Waals surface area contributed by atoms with Gasteiger partial charge in [-0.1, -0.05) is 72.3 Å². The van der Waals surface area contributed by atoms with Crippen molar-refractivity contribution in [1.29, 1.82) is 0 Å². The number of fused-ring (bicyclic) bond motifs is 4. The van der Waals surface area contributed by atoms with Gasteiger partial charge >= 0.3 is 12.3 Å². The molecule has 1 aliphatic heterocycles. The lowest BCUT2D eigenvalue weighted by molar-refractivity contribution is -0.124. The van der Waals surface area contributed by atoms with Gasteiger partial charge in [0.05, 0.1) is 10.5 Å². The molecule has 3 aromatic carbocycles. The van der Waals surface area contributed by atoms with Crippen molar-refractivity contribution in [3.05, 3.63) is 95.0 Å². The first-order valence-corrected chi connectivity index (χ1v) is 14.9. The molecule has 1 aliphatic carbocycles. The lowest BCUT2D eigenvalue weighted by Crippen LogP contribution is -2.47. The van der Waals surface area contributed by atoms with E-state index < -0.39 is 24.4 Å². The Kier molecular flexibility index (Phi) is 8.20. The second-order valence-corrected chi connectivity index (χ2v) is 11.5. The number of amides is 1. The highest BCUT2D eigenvalue weighted by Crippen LogP contribution is 2.52. The number of carbonyl (C=O) groups excluding carboxylic acids is 1. The molecule has 2 aliphatic rings. The SMILES string of the molecule is O=C(NCC(F)(F)F)OC1(CCCCN2CCN(c3ccc4cccc(Cl)c4n3)CC2)c2ccccc2-c2ccccc21. The summed E-state index contributed by atoms with van der Waals surface area (Å²) in [5, 5.41) is 3.56. The summed E-state index contributed by atoms with van der Waals surface area (Å²) in [6.45, 7) is 2.88. The van der Waals surface area contributed by atoms with E-state index in [2.05, 4.69) is 15.9 Å². The lowest BCUT2D eigenvalue weighted by atomic mass is 9.86. The zero-order valence-corrected chi connectivity index (χ0v) is 24.3. The van der Waals surface area contributed by atoms with Gasteiger partial charge in [0, 0.05) is 42.7 Å². The highest BCUT2D eigenvalue weighted by Gasteiger charge is 2.46. The molecule has 1 N–H and O–H groups in total. The average Bonchev–Trinajstić information content (AvgIpc) is 3.28. The van der Waals surface area contributed by atoms with Crippen LogP contribution in [0.2, 0.25) is 5.02 Å². The Balaban J connectivity index is 1.10. The number of unbranched alkanes of at least 4 members (excludes halogenated alkanes) is 1. The van der Waals surface area contributed by atoms with Crippen molar-refractivity contribution >= 4 is 34.4 Å². The summed E-state index contributed by atoms with van der Waals surface area (Å²) in [5.41, 5.74) is 3.11. The van der Waals surface area contributed by atoms with Crippen LogP contribution < -0.4 is 10.2 Å². The van der Waals surface area contributed by atoms with Crippen molar-refractivity contribution in [3.8, 4) is 11.1 Å². The molecule has 43 heavy (non-hydrogen) atoms. The molecule has 0 unspecified atom stereocenters. The number of aromatic nitrogens is 1. The standard InChI is InChI=1S/C33H32ClF3N4O2/c34-28-13-7-8-23-14-15-29(39-30(23)28)41-20-18-40(19-21-41)17-6-5-16-32(43-31(42)38-22-33(35,36)37)26-11-3-1-9-24(26)25-10-2-4-12-27(25)32/h1-4,7-15H,5-6,16-22H2,(H,38,42). The van der Waals surface area contributed by atoms with Crippen molar-refractivity contribution in [1.82, 2.24) is 15.2 Å². The summed E-state index contributed by atoms with van der Waals surface area (Å²) >= 11 is 6.37. The second kappa shape index (κ2) is 12.1. The first-order chi connectivity index (χ1) is 20.7. The average molecular weight is 609 g/mol. The van der Waals surface area contributed by atoms with Gasteiger partial charge in [0.1, 0.15) is 12.4 Å². The molecule has 1 saturated heterocycles. The van der Waals surface area contributed by atoms with E-state index >= 15 is 0 Å². The number of hydrogen-bond donors (Lipinski definition) is 1. The number of alkyl halides is 3. The van der Waals surface area contributed by atoms with Crippen molar-refractivity contribution in [2.24, 2.45) is 0 Å². The number of rotatable bonds is 8. The minimum atomic E-state index is -4.53. The molecule has 0 radical (unpaired) electrons. The molecule has 1 amide bonds. The Morgan fingerprint density at radius 2 is 1.56 bits per heavy atom. The van der Waals surface area contributed by atoms with E-state index in [-0.39, 0.29) is 0 Å². The Bertz CT molecular complexity index is 1580. The van der Waals surface area contributed by atoms with Crippen molar-refractivity contribution in [3.63, 3.8) is 0 Å². The number of carbonyl (C=O) groups is 1. The van der Waals surface area contributed by atoms with Crippen molar-refractivity contribution in [2.45, 2.75) is 31.0 Å². The van der Waals surface area contributed by atoms with E-state index in [1.165, 1.54) is 0 Å². The minimum absolute atomic E-state index is 0.461. The van der Waals surface area contributed by atoms with Gasteiger partial charge in [-0.15, -0.1) is 0 Å². The third kappa shape index (κ3) is 6.15. The van der Waals surface area contributed by atoms with Crippen LogP contribution in [0.5, 0.6) is 0 Å². The maximum Gasteiger partial charge on any atom is 0.408 e. The van der Waals surface area contributed by atoms with E-state index in [1.54, 1.807) is 0 Å². The smallest absolute Gasteiger partial charge is 0.408 e. The van der Waals surface area contributed by atoms with E-state index in [1.807, 2.05) is 78.1 Å². The minimum Gasteiger partial charge on any atom is -0.433 e. The van der Waals surface area contributed by atoms with Gasteiger partial charge in [0.2, 0.25) is 0 Å². The molecule has 6 nitrogen and oxygen atoms in total. The van der Waals surface area contributed by atoms with Gasteiger partial charge in [0.25, 0.3) is 0 Å². The summed E-state index contributed by atoms with van der Waals surface area (Å²) < 4.78 is 44.5. The van der Waals surface area contributed by atoms with E-state index in [0.29, 0.717) is 11.4 Å². The molecular weight excluding hydrogens is 577 g/mol. The predicted octanol–water partition coefficient (Wildman–Crippen LogP) is 7.39. The summed E-state index contributed by atoms with van der Waals surface area (Å²) in [7, 11) is 0. The normalized spacial score (nSPS) is 16.1. The molecule has 2 heterocycles. The number of nitrogens with one attached hydrogen (secondary N) is 1. The molecule has 4 aromatic rings. The van der Waals surface area contributed by atoms with E-state index in [0.717, 1.165) is 84.5 Å². The first kappa shape index (κ1) is 29.3. The lowest BCUT2D eigenvalue weighted by Gasteiger charge is -2.36. The molecule has 0 saturated carbocycles. The van der Waals surface area contributed by atoms with Gasteiger partial charge in [-0.25, -0.2) is 9.78 Å². The summed E-state index contributed by atoms with van der Waals surface area (Å²) in [4.78, 5) is 22.2. The van der Waals surface area contributed by atoms with Crippen LogP contribution in [0, 0.1) is 0 Å². The largest absolute Gasteiger partial charge is 0.433 e. The van der Waals surface area contributed by atoms with Crippen LogP contribution in [0.1, 0.15) is 30.4 Å². The number of ether oxygens (including phenoxy) is 1. The third-order valence-electron chi connectivity index (χ3n) is 8.32. The highest BCUT2D eigenvalue weighted by atomic mass is 35.5. The fourth-order valence-corrected chi connectivity index (χ4v) is 6.49. The summed E-state index contributed by atoms with van der Waals surface area (Å²) in [5.74, 6) is 0.918. The molecular formula is C33H32ClF3N4O2. The number of pyridine rings is 1. The van der Waals surface area contributed by atoms with Gasteiger partial charge in [-0.2, -0.15) is 13.2 Å². The van der Waals surface area contributed by atoms with E-state index in [4.69, 9.17) is 21.3 Å². The number of hydrogen-bond acceptors (Lipinski definition) is 5. The Morgan fingerprint density at radius 1 is 0.884 bits per heavy atom. The molecule has 6 rings (SSSR count). The number of nitrogens with zero attached hydrogens (tertiary/aromatic N) is 3. The number of alkyl carbamates (subject to hydrolysis) is 1. The predicted molar refractivity (Wildman–Crippen MR) is 162 cm³/mol. The van der Waals surface area contributed by atoms with Gasteiger partial charge < -0.3 is 15.0 Å². The fraction of sp³-hybridized carbons (Fsp3) is 0.333. The van der Waals surface area contributed by atoms with Crippen LogP contribution in [-0.4, -0.2) is 61.4 Å². The monoisotopic (exact) mass is 608 g/mol. The molecule has 0 bridgehead atoms. The third-order valence-corrected chi connectivity index (χ3v) is 8.63. The van der Waals surface area contributed by atoms with Crippen LogP contribution in [0.15, 0.2) is 78.9 Å². The zero-order chi connectivity index (χ0) is 30.0. The highest BCUT2D eigenvalue weighted by molar-refractivity contribution is 6.35. The molecule has 0 atom stereocenters. The molecule has 0 spiro atoms. The van der Waals surface area contributed by atoms with Gasteiger partial charge in [-0.05, 0) is 55.1 Å². The molecule has 10 heteroatoms. The Labute approximate surface area is 253 Å². The quantitative estimate of drug-likeness (QED) is 0.211. The number of piperazine rings is 1. The molecule has 1 aromatic heterocycles. The van der Waals surface area contributed by atoms with Crippen LogP contribution in [0.3, 0.4) is 0 Å². The van der Waals surface area contributed by atoms with Crippen LogP contribution in [0.4, 0.5) is 23.8 Å². The fourth-order valence-electron chi connectivity index (χ4n) is 6.27. The Hall–Kier alpha value is -3.82. The maximum atomic E-state index is 12.8. The first-order valence-electron chi connectivity index (χ1n) is 14.5. The molecule has 224 valence electrons. The van der Waals surface area contributed by atoms with Gasteiger partial charge in [-0.3, -0.25) is 4.90 Å². The number of para-hydroxylation sites is 1. The van der Waals surface area contributed by atoms with Crippen molar-refractivity contribution in [2.75, 3.05) is 44.2 Å². The zero-order valence-electron chi connectivity index (χ0n) is 23.5. The topological polar surface area (TPSA) is 57.7 Å².